The molecule has 2 heterocycles. The number of amidine groups is 1. The third kappa shape index (κ3) is 4.21. The number of thioether (sulfide) groups is 1. The number of pyridine rings is 1. The van der Waals surface area contributed by atoms with E-state index in [1.807, 2.05) is 37.3 Å². The van der Waals surface area contributed by atoms with E-state index >= 15 is 0 Å². The molecular formula is C22H15ClN4O3S. The molecule has 3 aromatic rings. The summed E-state index contributed by atoms with van der Waals surface area (Å²) in [6, 6.07) is 17.0. The average Bonchev–Trinajstić information content (AvgIpc) is 3.11. The van der Waals surface area contributed by atoms with Crippen molar-refractivity contribution in [2.45, 2.75) is 6.92 Å². The van der Waals surface area contributed by atoms with Crippen molar-refractivity contribution in [2.24, 2.45) is 4.99 Å². The lowest BCUT2D eigenvalue weighted by atomic mass is 10.1. The number of allylic oxidation sites excluding steroid dienone is 1. The predicted molar refractivity (Wildman–Crippen MR) is 124 cm³/mol. The standard InChI is InChI=1S/C22H15ClN4O3S/c1-14(15-7-9-17(10-8-15)27(29)30)20-21(28)26(16-5-3-2-4-6-16)22(31-20)25-19-11-12-24-13-18(19)23/h2-13H,1H3/b20-14-,25-22?. The Balaban J connectivity index is 1.80. The number of aromatic nitrogens is 1. The van der Waals surface area contributed by atoms with Gasteiger partial charge in [0, 0.05) is 24.5 Å². The van der Waals surface area contributed by atoms with Crippen LogP contribution in [0.25, 0.3) is 5.57 Å². The van der Waals surface area contributed by atoms with Crippen LogP contribution in [0.15, 0.2) is 83.0 Å². The van der Waals surface area contributed by atoms with Gasteiger partial charge >= 0.3 is 0 Å². The number of anilines is 1. The zero-order valence-corrected chi connectivity index (χ0v) is 17.8. The zero-order valence-electron chi connectivity index (χ0n) is 16.2. The number of nitrogens with zero attached hydrogens (tertiary/aromatic N) is 4. The number of benzene rings is 2. The van der Waals surface area contributed by atoms with Crippen molar-refractivity contribution < 1.29 is 9.72 Å². The molecule has 7 nitrogen and oxygen atoms in total. The average molecular weight is 451 g/mol. The first-order valence-corrected chi connectivity index (χ1v) is 10.4. The van der Waals surface area contributed by atoms with E-state index in [1.54, 1.807) is 24.4 Å². The summed E-state index contributed by atoms with van der Waals surface area (Å²) in [6.45, 7) is 1.81. The fraction of sp³-hybridized carbons (Fsp3) is 0.0455. The van der Waals surface area contributed by atoms with Gasteiger partial charge in [-0.05, 0) is 60.2 Å². The van der Waals surface area contributed by atoms with Crippen molar-refractivity contribution >= 4 is 57.1 Å². The molecular weight excluding hydrogens is 436 g/mol. The Hall–Kier alpha value is -3.49. The van der Waals surface area contributed by atoms with Crippen LogP contribution in [0.5, 0.6) is 0 Å². The first-order chi connectivity index (χ1) is 15.0. The first-order valence-electron chi connectivity index (χ1n) is 9.17. The summed E-state index contributed by atoms with van der Waals surface area (Å²) in [4.78, 5) is 34.5. The molecule has 1 amide bonds. The van der Waals surface area contributed by atoms with Crippen LogP contribution in [0.3, 0.4) is 0 Å². The van der Waals surface area contributed by atoms with Gasteiger partial charge in [0.25, 0.3) is 11.6 Å². The molecule has 31 heavy (non-hydrogen) atoms. The number of non-ortho nitro benzene ring substituents is 1. The Morgan fingerprint density at radius 3 is 2.48 bits per heavy atom. The van der Waals surface area contributed by atoms with Crippen LogP contribution >= 0.6 is 23.4 Å². The first kappa shape index (κ1) is 20.8. The van der Waals surface area contributed by atoms with Gasteiger partial charge in [-0.1, -0.05) is 29.8 Å². The molecule has 1 fully saturated rings. The van der Waals surface area contributed by atoms with Gasteiger partial charge in [0.05, 0.1) is 26.2 Å². The number of amides is 1. The molecule has 1 saturated heterocycles. The molecule has 9 heteroatoms. The molecule has 0 aliphatic carbocycles. The summed E-state index contributed by atoms with van der Waals surface area (Å²) in [6.07, 6.45) is 3.08. The molecule has 2 aromatic carbocycles. The van der Waals surface area contributed by atoms with Gasteiger partial charge < -0.3 is 0 Å². The minimum atomic E-state index is -0.456. The van der Waals surface area contributed by atoms with E-state index in [0.29, 0.717) is 32.0 Å². The second-order valence-electron chi connectivity index (χ2n) is 6.56. The van der Waals surface area contributed by atoms with Crippen LogP contribution in [-0.2, 0) is 4.79 Å². The predicted octanol–water partition coefficient (Wildman–Crippen LogP) is 5.84. The highest BCUT2D eigenvalue weighted by atomic mass is 35.5. The summed E-state index contributed by atoms with van der Waals surface area (Å²) in [5.41, 5.74) is 2.60. The summed E-state index contributed by atoms with van der Waals surface area (Å²) in [5.74, 6) is -0.226. The van der Waals surface area contributed by atoms with Gasteiger partial charge in [0.2, 0.25) is 0 Å². The maximum absolute atomic E-state index is 13.4. The van der Waals surface area contributed by atoms with E-state index in [-0.39, 0.29) is 11.6 Å². The molecule has 4 rings (SSSR count). The van der Waals surface area contributed by atoms with Crippen LogP contribution in [-0.4, -0.2) is 21.0 Å². The van der Waals surface area contributed by atoms with Crippen molar-refractivity contribution in [1.29, 1.82) is 0 Å². The van der Waals surface area contributed by atoms with Crippen LogP contribution in [0.1, 0.15) is 12.5 Å². The van der Waals surface area contributed by atoms with Gasteiger partial charge in [-0.25, -0.2) is 4.99 Å². The highest BCUT2D eigenvalue weighted by molar-refractivity contribution is 8.19. The fourth-order valence-electron chi connectivity index (χ4n) is 3.01. The number of rotatable bonds is 4. The Morgan fingerprint density at radius 2 is 1.84 bits per heavy atom. The minimum absolute atomic E-state index is 0.00700. The lowest BCUT2D eigenvalue weighted by Crippen LogP contribution is -2.28. The molecule has 1 aliphatic heterocycles. The molecule has 0 unspecified atom stereocenters. The quantitative estimate of drug-likeness (QED) is 0.283. The van der Waals surface area contributed by atoms with E-state index in [2.05, 4.69) is 9.98 Å². The maximum atomic E-state index is 13.4. The largest absolute Gasteiger partial charge is 0.271 e. The summed E-state index contributed by atoms with van der Waals surface area (Å²) < 4.78 is 0. The molecule has 0 radical (unpaired) electrons. The number of nitro benzene ring substituents is 1. The third-order valence-electron chi connectivity index (χ3n) is 4.62. The van der Waals surface area contributed by atoms with E-state index < -0.39 is 4.92 Å². The molecule has 0 N–H and O–H groups in total. The SMILES string of the molecule is C/C(=C1/SC(=Nc2ccncc2Cl)N(c2ccccc2)C1=O)c1ccc([N+](=O)[O-])cc1. The monoisotopic (exact) mass is 450 g/mol. The minimum Gasteiger partial charge on any atom is -0.268 e. The number of nitro groups is 1. The molecule has 0 saturated carbocycles. The Bertz CT molecular complexity index is 1230. The number of carbonyl (C=O) groups is 1. The van der Waals surface area contributed by atoms with Gasteiger partial charge in [-0.15, -0.1) is 0 Å². The van der Waals surface area contributed by atoms with Crippen molar-refractivity contribution in [3.8, 4) is 0 Å². The molecule has 1 aromatic heterocycles. The summed E-state index contributed by atoms with van der Waals surface area (Å²) in [7, 11) is 0. The Labute approximate surface area is 187 Å². The van der Waals surface area contributed by atoms with Crippen LogP contribution in [0.4, 0.5) is 17.1 Å². The Morgan fingerprint density at radius 1 is 1.13 bits per heavy atom. The smallest absolute Gasteiger partial charge is 0.268 e. The Kier molecular flexibility index (Phi) is 5.83. The number of hydrogen-bond donors (Lipinski definition) is 0. The molecule has 0 atom stereocenters. The van der Waals surface area contributed by atoms with Crippen LogP contribution in [0, 0.1) is 10.1 Å². The van der Waals surface area contributed by atoms with E-state index in [9.17, 15) is 14.9 Å². The van der Waals surface area contributed by atoms with Crippen molar-refractivity contribution in [3.05, 3.63) is 98.7 Å². The number of hydrogen-bond acceptors (Lipinski definition) is 6. The molecule has 0 spiro atoms. The lowest BCUT2D eigenvalue weighted by molar-refractivity contribution is -0.384. The molecule has 1 aliphatic rings. The van der Waals surface area contributed by atoms with Gasteiger partial charge in [0.1, 0.15) is 0 Å². The number of halogens is 1. The summed E-state index contributed by atoms with van der Waals surface area (Å²) in [5, 5.41) is 11.8. The van der Waals surface area contributed by atoms with Crippen LogP contribution in [0.2, 0.25) is 5.02 Å². The van der Waals surface area contributed by atoms with Crippen molar-refractivity contribution in [2.75, 3.05) is 4.90 Å². The van der Waals surface area contributed by atoms with Gasteiger partial charge in [-0.2, -0.15) is 0 Å². The highest BCUT2D eigenvalue weighted by Crippen LogP contribution is 2.40. The number of para-hydroxylation sites is 1. The van der Waals surface area contributed by atoms with E-state index in [4.69, 9.17) is 11.6 Å². The number of aliphatic imine (C=N–C) groups is 1. The maximum Gasteiger partial charge on any atom is 0.271 e. The lowest BCUT2D eigenvalue weighted by Gasteiger charge is -2.15. The topological polar surface area (TPSA) is 88.7 Å². The van der Waals surface area contributed by atoms with E-state index in [0.717, 1.165) is 5.56 Å². The summed E-state index contributed by atoms with van der Waals surface area (Å²) >= 11 is 7.45. The third-order valence-corrected chi connectivity index (χ3v) is 6.05. The van der Waals surface area contributed by atoms with Gasteiger partial charge in [0.15, 0.2) is 5.17 Å². The van der Waals surface area contributed by atoms with Gasteiger partial charge in [-0.3, -0.25) is 24.8 Å². The number of carbonyl (C=O) groups excluding carboxylic acids is 1. The molecule has 154 valence electrons. The normalized spacial score (nSPS) is 16.6. The van der Waals surface area contributed by atoms with Crippen molar-refractivity contribution in [1.82, 2.24) is 4.98 Å². The fourth-order valence-corrected chi connectivity index (χ4v) is 4.23. The van der Waals surface area contributed by atoms with Crippen molar-refractivity contribution in [3.63, 3.8) is 0 Å². The molecule has 0 bridgehead atoms. The van der Waals surface area contributed by atoms with Crippen LogP contribution < -0.4 is 4.90 Å². The zero-order chi connectivity index (χ0) is 22.0. The van der Waals surface area contributed by atoms with E-state index in [1.165, 1.54) is 35.0 Å². The second-order valence-corrected chi connectivity index (χ2v) is 7.94. The highest BCUT2D eigenvalue weighted by Gasteiger charge is 2.36. The second kappa shape index (κ2) is 8.71.